The molecular formula is C5H7Cl2NO2. The van der Waals surface area contributed by atoms with Crippen molar-refractivity contribution in [2.75, 3.05) is 0 Å². The maximum atomic E-state index is 10.4. The van der Waals surface area contributed by atoms with E-state index < -0.39 is 17.0 Å². The second kappa shape index (κ2) is 4.55. The molecule has 0 radical (unpaired) electrons. The van der Waals surface area contributed by atoms with Crippen molar-refractivity contribution in [1.82, 2.24) is 5.32 Å². The number of carbonyl (C=O) groups is 1. The molecule has 0 aliphatic heterocycles. The van der Waals surface area contributed by atoms with Crippen molar-refractivity contribution in [3.8, 4) is 0 Å². The van der Waals surface area contributed by atoms with Crippen molar-refractivity contribution in [3.63, 3.8) is 0 Å². The highest BCUT2D eigenvalue weighted by Gasteiger charge is 2.13. The molecule has 2 N–H and O–H groups in total. The molecule has 0 unspecified atom stereocenters. The molecule has 0 aromatic rings. The lowest BCUT2D eigenvalue weighted by Gasteiger charge is -2.10. The summed E-state index contributed by atoms with van der Waals surface area (Å²) in [5, 5.41) is 10.8. The average Bonchev–Trinajstić information content (AvgIpc) is 1.87. The van der Waals surface area contributed by atoms with Gasteiger partial charge in [0.15, 0.2) is 11.1 Å². The summed E-state index contributed by atoms with van der Waals surface area (Å²) in [4.78, 5) is 9.40. The smallest absolute Gasteiger partial charge is 0.245 e. The van der Waals surface area contributed by atoms with Crippen molar-refractivity contribution < 1.29 is 9.90 Å². The SMILES string of the molecule is C=CC(=O)N[C@@H](O)C(Cl)Cl. The predicted molar refractivity (Wildman–Crippen MR) is 39.8 cm³/mol. The lowest BCUT2D eigenvalue weighted by molar-refractivity contribution is -0.119. The van der Waals surface area contributed by atoms with Gasteiger partial charge in [-0.1, -0.05) is 6.58 Å². The number of hydrogen-bond acceptors (Lipinski definition) is 2. The molecule has 0 aliphatic carbocycles. The van der Waals surface area contributed by atoms with E-state index in [1.807, 2.05) is 0 Å². The maximum Gasteiger partial charge on any atom is 0.245 e. The van der Waals surface area contributed by atoms with Crippen LogP contribution in [-0.2, 0) is 4.79 Å². The summed E-state index contributed by atoms with van der Waals surface area (Å²) in [7, 11) is 0. The molecule has 0 saturated heterocycles. The van der Waals surface area contributed by atoms with Gasteiger partial charge in [0.2, 0.25) is 5.91 Å². The topological polar surface area (TPSA) is 49.3 Å². The van der Waals surface area contributed by atoms with Crippen molar-refractivity contribution in [1.29, 1.82) is 0 Å². The predicted octanol–water partition coefficient (Wildman–Crippen LogP) is 0.411. The highest BCUT2D eigenvalue weighted by atomic mass is 35.5. The van der Waals surface area contributed by atoms with Gasteiger partial charge in [0.25, 0.3) is 0 Å². The second-order valence-corrected chi connectivity index (χ2v) is 2.66. The normalized spacial score (nSPS) is 12.8. The number of amides is 1. The Kier molecular flexibility index (Phi) is 4.43. The summed E-state index contributed by atoms with van der Waals surface area (Å²) in [6, 6.07) is 0. The third-order valence-electron chi connectivity index (χ3n) is 0.714. The molecule has 1 amide bonds. The van der Waals surface area contributed by atoms with Crippen LogP contribution in [0.1, 0.15) is 0 Å². The zero-order valence-corrected chi connectivity index (χ0v) is 6.56. The van der Waals surface area contributed by atoms with Crippen molar-refractivity contribution in [2.24, 2.45) is 0 Å². The molecule has 0 aliphatic rings. The van der Waals surface area contributed by atoms with E-state index in [-0.39, 0.29) is 0 Å². The number of carbonyl (C=O) groups excluding carboxylic acids is 1. The first-order chi connectivity index (χ1) is 4.57. The Hall–Kier alpha value is -0.250. The van der Waals surface area contributed by atoms with E-state index in [2.05, 4.69) is 11.9 Å². The zero-order valence-electron chi connectivity index (χ0n) is 5.05. The van der Waals surface area contributed by atoms with Crippen molar-refractivity contribution in [3.05, 3.63) is 12.7 Å². The summed E-state index contributed by atoms with van der Waals surface area (Å²) in [6.07, 6.45) is -0.229. The standard InChI is InChI=1S/C5H7Cl2NO2/c1-2-3(9)8-5(10)4(6)7/h2,4-5,10H,1H2,(H,8,9)/t5-/m0/s1. The van der Waals surface area contributed by atoms with Gasteiger partial charge in [-0.2, -0.15) is 0 Å². The van der Waals surface area contributed by atoms with Gasteiger partial charge >= 0.3 is 0 Å². The minimum absolute atomic E-state index is 0.515. The van der Waals surface area contributed by atoms with Crippen LogP contribution >= 0.6 is 23.2 Å². The minimum Gasteiger partial charge on any atom is -0.371 e. The van der Waals surface area contributed by atoms with Crippen molar-refractivity contribution >= 4 is 29.1 Å². The third kappa shape index (κ3) is 3.71. The number of halogens is 2. The Morgan fingerprint density at radius 1 is 1.70 bits per heavy atom. The van der Waals surface area contributed by atoms with Crippen LogP contribution in [0.25, 0.3) is 0 Å². The van der Waals surface area contributed by atoms with Crippen LogP contribution < -0.4 is 5.32 Å². The molecule has 0 heterocycles. The Morgan fingerprint density at radius 3 is 2.50 bits per heavy atom. The van der Waals surface area contributed by atoms with Crippen LogP contribution in [0.3, 0.4) is 0 Å². The van der Waals surface area contributed by atoms with E-state index in [9.17, 15) is 4.79 Å². The number of aliphatic hydroxyl groups excluding tert-OH is 1. The largest absolute Gasteiger partial charge is 0.371 e. The first-order valence-corrected chi connectivity index (χ1v) is 3.34. The quantitative estimate of drug-likeness (QED) is 0.379. The van der Waals surface area contributed by atoms with E-state index in [4.69, 9.17) is 28.3 Å². The van der Waals surface area contributed by atoms with Crippen LogP contribution in [0, 0.1) is 0 Å². The molecule has 0 aromatic heterocycles. The molecular weight excluding hydrogens is 177 g/mol. The number of hydrogen-bond donors (Lipinski definition) is 2. The van der Waals surface area contributed by atoms with Gasteiger partial charge in [0, 0.05) is 0 Å². The Bertz CT molecular complexity index is 138. The van der Waals surface area contributed by atoms with Crippen LogP contribution in [0.2, 0.25) is 0 Å². The van der Waals surface area contributed by atoms with E-state index in [0.717, 1.165) is 6.08 Å². The van der Waals surface area contributed by atoms with Gasteiger partial charge in [-0.25, -0.2) is 0 Å². The summed E-state index contributed by atoms with van der Waals surface area (Å²) in [6.45, 7) is 3.16. The average molecular weight is 184 g/mol. The summed E-state index contributed by atoms with van der Waals surface area (Å²) < 4.78 is 0. The lowest BCUT2D eigenvalue weighted by atomic mass is 10.5. The first-order valence-electron chi connectivity index (χ1n) is 2.47. The lowest BCUT2D eigenvalue weighted by Crippen LogP contribution is -2.37. The highest BCUT2D eigenvalue weighted by Crippen LogP contribution is 2.04. The fourth-order valence-electron chi connectivity index (χ4n) is 0.268. The molecule has 0 saturated carbocycles. The van der Waals surface area contributed by atoms with E-state index >= 15 is 0 Å². The molecule has 0 spiro atoms. The summed E-state index contributed by atoms with van der Waals surface area (Å²) >= 11 is 10.4. The molecule has 58 valence electrons. The Morgan fingerprint density at radius 2 is 2.20 bits per heavy atom. The monoisotopic (exact) mass is 183 g/mol. The molecule has 0 fully saturated rings. The number of nitrogens with one attached hydrogen (secondary N) is 1. The second-order valence-electron chi connectivity index (χ2n) is 1.49. The zero-order chi connectivity index (χ0) is 8.15. The fourth-order valence-corrected chi connectivity index (χ4v) is 0.394. The van der Waals surface area contributed by atoms with Gasteiger partial charge in [-0.15, -0.1) is 23.2 Å². The Balaban J connectivity index is 3.67. The summed E-state index contributed by atoms with van der Waals surface area (Å²) in [5.41, 5.74) is 0. The summed E-state index contributed by atoms with van der Waals surface area (Å²) in [5.74, 6) is -0.515. The van der Waals surface area contributed by atoms with E-state index in [0.29, 0.717) is 0 Å². The first kappa shape index (κ1) is 9.75. The van der Waals surface area contributed by atoms with Crippen LogP contribution in [-0.4, -0.2) is 22.1 Å². The Labute approximate surface area is 68.6 Å². The molecule has 3 nitrogen and oxygen atoms in total. The molecule has 5 heteroatoms. The van der Waals surface area contributed by atoms with Crippen LogP contribution in [0.5, 0.6) is 0 Å². The number of aliphatic hydroxyl groups is 1. The van der Waals surface area contributed by atoms with Gasteiger partial charge in [-0.3, -0.25) is 4.79 Å². The minimum atomic E-state index is -1.24. The third-order valence-corrected chi connectivity index (χ3v) is 1.19. The maximum absolute atomic E-state index is 10.4. The molecule has 0 aromatic carbocycles. The van der Waals surface area contributed by atoms with Crippen LogP contribution in [0.4, 0.5) is 0 Å². The molecule has 0 bridgehead atoms. The number of rotatable bonds is 3. The van der Waals surface area contributed by atoms with Gasteiger partial charge < -0.3 is 10.4 Å². The molecule has 0 rings (SSSR count). The molecule has 1 atom stereocenters. The van der Waals surface area contributed by atoms with Gasteiger partial charge in [0.05, 0.1) is 0 Å². The van der Waals surface area contributed by atoms with Crippen LogP contribution in [0.15, 0.2) is 12.7 Å². The van der Waals surface area contributed by atoms with E-state index in [1.165, 1.54) is 0 Å². The number of alkyl halides is 2. The molecule has 10 heavy (non-hydrogen) atoms. The van der Waals surface area contributed by atoms with Crippen molar-refractivity contribution in [2.45, 2.75) is 11.1 Å². The highest BCUT2D eigenvalue weighted by molar-refractivity contribution is 6.44. The van der Waals surface area contributed by atoms with E-state index in [1.54, 1.807) is 0 Å². The van der Waals surface area contributed by atoms with Gasteiger partial charge in [0.1, 0.15) is 0 Å². The fraction of sp³-hybridized carbons (Fsp3) is 0.400. The van der Waals surface area contributed by atoms with Gasteiger partial charge in [-0.05, 0) is 6.08 Å².